The molecule has 0 radical (unpaired) electrons. The van der Waals surface area contributed by atoms with E-state index in [1.165, 1.54) is 11.3 Å². The number of aromatic nitrogens is 2. The molecule has 0 aromatic carbocycles. The summed E-state index contributed by atoms with van der Waals surface area (Å²) in [6, 6.07) is 4.17. The zero-order chi connectivity index (χ0) is 13.0. The molecule has 0 aliphatic carbocycles. The lowest BCUT2D eigenvalue weighted by atomic mass is 10.2. The Balaban J connectivity index is 1.97. The Morgan fingerprint density at radius 2 is 2.22 bits per heavy atom. The molecule has 5 heteroatoms. The SMILES string of the molecule is CN(C)CCOc1sccc1Cc1ccnn1C. The molecular formula is C13H19N3OS. The first-order valence-electron chi connectivity index (χ1n) is 5.97. The second-order valence-electron chi connectivity index (χ2n) is 4.51. The van der Waals surface area contributed by atoms with Crippen molar-refractivity contribution in [2.45, 2.75) is 6.42 Å². The van der Waals surface area contributed by atoms with Crippen LogP contribution in [-0.2, 0) is 13.5 Å². The van der Waals surface area contributed by atoms with Crippen molar-refractivity contribution in [2.75, 3.05) is 27.2 Å². The molecule has 2 aromatic rings. The van der Waals surface area contributed by atoms with Gasteiger partial charge >= 0.3 is 0 Å². The van der Waals surface area contributed by atoms with E-state index >= 15 is 0 Å². The Bertz CT molecular complexity index is 490. The maximum Gasteiger partial charge on any atom is 0.177 e. The van der Waals surface area contributed by atoms with Crippen LogP contribution in [0.4, 0.5) is 0 Å². The number of aryl methyl sites for hydroxylation is 1. The molecule has 0 N–H and O–H groups in total. The van der Waals surface area contributed by atoms with Crippen molar-refractivity contribution >= 4 is 11.3 Å². The molecule has 0 bridgehead atoms. The fourth-order valence-corrected chi connectivity index (χ4v) is 2.47. The number of nitrogens with zero attached hydrogens (tertiary/aromatic N) is 3. The number of likely N-dealkylation sites (N-methyl/N-ethyl adjacent to an activating group) is 1. The van der Waals surface area contributed by atoms with Crippen LogP contribution in [-0.4, -0.2) is 41.9 Å². The van der Waals surface area contributed by atoms with Crippen molar-refractivity contribution < 1.29 is 4.74 Å². The molecule has 2 heterocycles. The number of rotatable bonds is 6. The van der Waals surface area contributed by atoms with Crippen molar-refractivity contribution in [1.29, 1.82) is 0 Å². The van der Waals surface area contributed by atoms with Gasteiger partial charge in [0.25, 0.3) is 0 Å². The maximum absolute atomic E-state index is 5.82. The summed E-state index contributed by atoms with van der Waals surface area (Å²) in [6.07, 6.45) is 2.70. The minimum absolute atomic E-state index is 0.728. The van der Waals surface area contributed by atoms with Crippen LogP contribution in [0.2, 0.25) is 0 Å². The first kappa shape index (κ1) is 13.1. The molecule has 4 nitrogen and oxygen atoms in total. The molecule has 0 aliphatic heterocycles. The van der Waals surface area contributed by atoms with E-state index in [-0.39, 0.29) is 0 Å². The third kappa shape index (κ3) is 3.34. The van der Waals surface area contributed by atoms with Gasteiger partial charge in [-0.15, -0.1) is 11.3 Å². The summed E-state index contributed by atoms with van der Waals surface area (Å²) in [5, 5.41) is 7.29. The normalized spacial score (nSPS) is 11.1. The lowest BCUT2D eigenvalue weighted by Crippen LogP contribution is -2.19. The Hall–Kier alpha value is -1.33. The van der Waals surface area contributed by atoms with E-state index in [9.17, 15) is 0 Å². The summed E-state index contributed by atoms with van der Waals surface area (Å²) in [7, 11) is 6.07. The van der Waals surface area contributed by atoms with Crippen LogP contribution in [0, 0.1) is 0 Å². The van der Waals surface area contributed by atoms with Crippen LogP contribution < -0.4 is 4.74 Å². The molecule has 98 valence electrons. The van der Waals surface area contributed by atoms with Gasteiger partial charge in [0.2, 0.25) is 0 Å². The van der Waals surface area contributed by atoms with E-state index in [4.69, 9.17) is 4.74 Å². The van der Waals surface area contributed by atoms with Crippen molar-refractivity contribution in [3.05, 3.63) is 35.0 Å². The molecule has 2 aromatic heterocycles. The van der Waals surface area contributed by atoms with Gasteiger partial charge in [0.15, 0.2) is 5.06 Å². The van der Waals surface area contributed by atoms with E-state index in [1.807, 2.05) is 38.1 Å². The molecule has 0 fully saturated rings. The van der Waals surface area contributed by atoms with E-state index in [1.54, 1.807) is 11.3 Å². The smallest absolute Gasteiger partial charge is 0.177 e. The van der Waals surface area contributed by atoms with Gasteiger partial charge in [-0.2, -0.15) is 5.10 Å². The second kappa shape index (κ2) is 6.02. The van der Waals surface area contributed by atoms with Gasteiger partial charge < -0.3 is 9.64 Å². The molecule has 2 rings (SSSR count). The predicted octanol–water partition coefficient (Wildman–Crippen LogP) is 2.01. The number of ether oxygens (including phenoxy) is 1. The minimum Gasteiger partial charge on any atom is -0.482 e. The van der Waals surface area contributed by atoms with E-state index in [2.05, 4.69) is 21.4 Å². The molecule has 18 heavy (non-hydrogen) atoms. The zero-order valence-electron chi connectivity index (χ0n) is 11.1. The van der Waals surface area contributed by atoms with E-state index in [0.29, 0.717) is 0 Å². The van der Waals surface area contributed by atoms with Gasteiger partial charge in [0.1, 0.15) is 6.61 Å². The summed E-state index contributed by atoms with van der Waals surface area (Å²) in [4.78, 5) is 2.12. The summed E-state index contributed by atoms with van der Waals surface area (Å²) in [6.45, 7) is 1.66. The molecule has 0 aliphatic rings. The van der Waals surface area contributed by atoms with Gasteiger partial charge in [0, 0.05) is 37.5 Å². The highest BCUT2D eigenvalue weighted by Gasteiger charge is 2.08. The summed E-state index contributed by atoms with van der Waals surface area (Å²) < 4.78 is 7.73. The van der Waals surface area contributed by atoms with Crippen molar-refractivity contribution in [1.82, 2.24) is 14.7 Å². The molecule has 0 saturated carbocycles. The largest absolute Gasteiger partial charge is 0.482 e. The second-order valence-corrected chi connectivity index (χ2v) is 5.39. The lowest BCUT2D eigenvalue weighted by Gasteiger charge is -2.11. The maximum atomic E-state index is 5.82. The van der Waals surface area contributed by atoms with Crippen LogP contribution in [0.1, 0.15) is 11.3 Å². The highest BCUT2D eigenvalue weighted by atomic mass is 32.1. The first-order chi connectivity index (χ1) is 8.66. The lowest BCUT2D eigenvalue weighted by molar-refractivity contribution is 0.265. The quantitative estimate of drug-likeness (QED) is 0.800. The standard InChI is InChI=1S/C13H19N3OS/c1-15(2)7-8-17-13-11(5-9-18-13)10-12-4-6-14-16(12)3/h4-6,9H,7-8,10H2,1-3H3. The van der Waals surface area contributed by atoms with Crippen LogP contribution in [0.3, 0.4) is 0 Å². The monoisotopic (exact) mass is 265 g/mol. The molecule has 0 amide bonds. The highest BCUT2D eigenvalue weighted by Crippen LogP contribution is 2.28. The van der Waals surface area contributed by atoms with Gasteiger partial charge in [0.05, 0.1) is 0 Å². The molecule has 0 atom stereocenters. The Morgan fingerprint density at radius 1 is 1.39 bits per heavy atom. The van der Waals surface area contributed by atoms with Crippen LogP contribution in [0.25, 0.3) is 0 Å². The van der Waals surface area contributed by atoms with Gasteiger partial charge in [-0.3, -0.25) is 4.68 Å². The Kier molecular flexibility index (Phi) is 4.38. The van der Waals surface area contributed by atoms with Crippen molar-refractivity contribution in [3.8, 4) is 5.06 Å². The van der Waals surface area contributed by atoms with E-state index in [0.717, 1.165) is 24.6 Å². The summed E-state index contributed by atoms with van der Waals surface area (Å²) in [5.74, 6) is 0. The fraction of sp³-hybridized carbons (Fsp3) is 0.462. The highest BCUT2D eigenvalue weighted by molar-refractivity contribution is 7.12. The first-order valence-corrected chi connectivity index (χ1v) is 6.85. The minimum atomic E-state index is 0.728. The Morgan fingerprint density at radius 3 is 2.89 bits per heavy atom. The van der Waals surface area contributed by atoms with Crippen molar-refractivity contribution in [3.63, 3.8) is 0 Å². The van der Waals surface area contributed by atoms with Crippen LogP contribution >= 0.6 is 11.3 Å². The van der Waals surface area contributed by atoms with Crippen LogP contribution in [0.5, 0.6) is 5.06 Å². The Labute approximate surface area is 112 Å². The van der Waals surface area contributed by atoms with Gasteiger partial charge in [-0.1, -0.05) is 0 Å². The topological polar surface area (TPSA) is 30.3 Å². The van der Waals surface area contributed by atoms with Gasteiger partial charge in [-0.05, 0) is 31.6 Å². The van der Waals surface area contributed by atoms with Crippen molar-refractivity contribution in [2.24, 2.45) is 7.05 Å². The average Bonchev–Trinajstić information content (AvgIpc) is 2.90. The van der Waals surface area contributed by atoms with Gasteiger partial charge in [-0.25, -0.2) is 0 Å². The number of hydrogen-bond acceptors (Lipinski definition) is 4. The van der Waals surface area contributed by atoms with Crippen LogP contribution in [0.15, 0.2) is 23.7 Å². The summed E-state index contributed by atoms with van der Waals surface area (Å²) in [5.41, 5.74) is 2.44. The fourth-order valence-electron chi connectivity index (χ4n) is 1.67. The summed E-state index contributed by atoms with van der Waals surface area (Å²) >= 11 is 1.66. The van der Waals surface area contributed by atoms with E-state index < -0.39 is 0 Å². The number of hydrogen-bond donors (Lipinski definition) is 0. The molecule has 0 spiro atoms. The molecular weight excluding hydrogens is 246 g/mol. The molecule has 0 saturated heterocycles. The predicted molar refractivity (Wildman–Crippen MR) is 74.4 cm³/mol. The third-order valence-electron chi connectivity index (χ3n) is 2.77. The average molecular weight is 265 g/mol. The zero-order valence-corrected chi connectivity index (χ0v) is 11.9. The molecule has 0 unspecified atom stereocenters. The number of thiophene rings is 1. The third-order valence-corrected chi connectivity index (χ3v) is 3.64.